The molecule has 1 atom stereocenters. The predicted octanol–water partition coefficient (Wildman–Crippen LogP) is 2.52. The number of benzene rings is 2. The second-order valence-corrected chi connectivity index (χ2v) is 5.00. The van der Waals surface area contributed by atoms with Gasteiger partial charge < -0.3 is 15.2 Å². The van der Waals surface area contributed by atoms with Crippen molar-refractivity contribution in [2.75, 3.05) is 6.61 Å². The number of hydrogen-bond donors (Lipinski definition) is 2. The summed E-state index contributed by atoms with van der Waals surface area (Å²) in [6, 6.07) is 12.6. The van der Waals surface area contributed by atoms with Crippen LogP contribution in [0.5, 0.6) is 5.75 Å². The van der Waals surface area contributed by atoms with Gasteiger partial charge in [-0.2, -0.15) is 0 Å². The van der Waals surface area contributed by atoms with Crippen LogP contribution in [0.3, 0.4) is 0 Å². The van der Waals surface area contributed by atoms with Crippen LogP contribution in [-0.2, 0) is 6.61 Å². The van der Waals surface area contributed by atoms with Crippen molar-refractivity contribution in [3.63, 3.8) is 0 Å². The third kappa shape index (κ3) is 4.56. The fourth-order valence-electron chi connectivity index (χ4n) is 1.88. The molecule has 1 amide bonds. The number of hydrogen-bond acceptors (Lipinski definition) is 3. The van der Waals surface area contributed by atoms with Gasteiger partial charge in [0.25, 0.3) is 5.91 Å². The van der Waals surface area contributed by atoms with E-state index in [0.29, 0.717) is 11.3 Å². The van der Waals surface area contributed by atoms with Crippen LogP contribution in [0.15, 0.2) is 48.5 Å². The quantitative estimate of drug-likeness (QED) is 0.862. The Kier molecular flexibility index (Phi) is 5.49. The molecule has 1 unspecified atom stereocenters. The maximum absolute atomic E-state index is 13.1. The molecule has 0 aliphatic carbocycles. The zero-order valence-corrected chi connectivity index (χ0v) is 12.3. The van der Waals surface area contributed by atoms with Crippen LogP contribution in [0.4, 0.5) is 4.39 Å². The third-order valence-corrected chi connectivity index (χ3v) is 3.04. The van der Waals surface area contributed by atoms with E-state index in [0.717, 1.165) is 5.56 Å². The summed E-state index contributed by atoms with van der Waals surface area (Å²) < 4.78 is 18.6. The van der Waals surface area contributed by atoms with E-state index in [1.54, 1.807) is 37.3 Å². The highest BCUT2D eigenvalue weighted by Crippen LogP contribution is 2.15. The molecule has 5 heteroatoms. The molecular weight excluding hydrogens is 285 g/mol. The first-order valence-corrected chi connectivity index (χ1v) is 6.97. The molecule has 0 saturated carbocycles. The summed E-state index contributed by atoms with van der Waals surface area (Å²) >= 11 is 0. The lowest BCUT2D eigenvalue weighted by atomic mass is 10.1. The zero-order chi connectivity index (χ0) is 15.9. The summed E-state index contributed by atoms with van der Waals surface area (Å²) in [5.41, 5.74) is 1.29. The number of aliphatic hydroxyl groups is 1. The Balaban J connectivity index is 2.00. The normalized spacial score (nSPS) is 11.8. The smallest absolute Gasteiger partial charge is 0.251 e. The van der Waals surface area contributed by atoms with Crippen molar-refractivity contribution < 1.29 is 19.0 Å². The third-order valence-electron chi connectivity index (χ3n) is 3.04. The molecule has 0 saturated heterocycles. The molecule has 0 bridgehead atoms. The van der Waals surface area contributed by atoms with Gasteiger partial charge in [0.05, 0.1) is 6.61 Å². The monoisotopic (exact) mass is 303 g/mol. The number of nitrogens with one attached hydrogen (secondary N) is 1. The Morgan fingerprint density at radius 1 is 1.27 bits per heavy atom. The average molecular weight is 303 g/mol. The lowest BCUT2D eigenvalue weighted by Crippen LogP contribution is -2.35. The van der Waals surface area contributed by atoms with Crippen molar-refractivity contribution in [1.82, 2.24) is 5.32 Å². The van der Waals surface area contributed by atoms with Gasteiger partial charge in [-0.3, -0.25) is 4.79 Å². The van der Waals surface area contributed by atoms with Gasteiger partial charge in [-0.1, -0.05) is 18.2 Å². The minimum atomic E-state index is -0.358. The first-order chi connectivity index (χ1) is 10.6. The van der Waals surface area contributed by atoms with Crippen molar-refractivity contribution >= 4 is 5.91 Å². The lowest BCUT2D eigenvalue weighted by Gasteiger charge is -2.12. The average Bonchev–Trinajstić information content (AvgIpc) is 2.53. The van der Waals surface area contributed by atoms with Gasteiger partial charge in [-0.05, 0) is 36.8 Å². The lowest BCUT2D eigenvalue weighted by molar-refractivity contribution is 0.0922. The van der Waals surface area contributed by atoms with Crippen LogP contribution in [-0.4, -0.2) is 23.7 Å². The maximum atomic E-state index is 13.1. The molecule has 2 aromatic carbocycles. The molecule has 0 aromatic heterocycles. The van der Waals surface area contributed by atoms with Crippen molar-refractivity contribution in [3.05, 3.63) is 65.5 Å². The van der Waals surface area contributed by atoms with Crippen molar-refractivity contribution in [2.24, 2.45) is 0 Å². The maximum Gasteiger partial charge on any atom is 0.251 e. The molecule has 116 valence electrons. The summed E-state index contributed by atoms with van der Waals surface area (Å²) in [6.07, 6.45) is 0. The molecule has 2 aromatic rings. The summed E-state index contributed by atoms with van der Waals surface area (Å²) in [7, 11) is 0. The van der Waals surface area contributed by atoms with E-state index >= 15 is 0 Å². The Hall–Kier alpha value is -2.40. The van der Waals surface area contributed by atoms with Crippen molar-refractivity contribution in [3.8, 4) is 5.75 Å². The summed E-state index contributed by atoms with van der Waals surface area (Å²) in [5, 5.41) is 11.6. The van der Waals surface area contributed by atoms with Gasteiger partial charge in [0.15, 0.2) is 0 Å². The van der Waals surface area contributed by atoms with Crippen molar-refractivity contribution in [1.29, 1.82) is 0 Å². The van der Waals surface area contributed by atoms with Crippen LogP contribution in [0.1, 0.15) is 22.8 Å². The van der Waals surface area contributed by atoms with Gasteiger partial charge in [-0.25, -0.2) is 4.39 Å². The number of halogens is 1. The largest absolute Gasteiger partial charge is 0.489 e. The number of carbonyl (C=O) groups excluding carboxylic acids is 1. The number of carbonyl (C=O) groups is 1. The molecule has 0 heterocycles. The molecule has 0 fully saturated rings. The zero-order valence-electron chi connectivity index (χ0n) is 12.3. The first kappa shape index (κ1) is 16.0. The SMILES string of the molecule is CC(CO)NC(=O)c1cccc(COc2cccc(F)c2)c1. The second kappa shape index (κ2) is 7.56. The summed E-state index contributed by atoms with van der Waals surface area (Å²) in [4.78, 5) is 12.0. The predicted molar refractivity (Wildman–Crippen MR) is 81.2 cm³/mol. The van der Waals surface area contributed by atoms with Gasteiger partial charge in [0, 0.05) is 17.7 Å². The Morgan fingerprint density at radius 3 is 2.77 bits per heavy atom. The van der Waals surface area contributed by atoms with Gasteiger partial charge in [0.2, 0.25) is 0 Å². The van der Waals surface area contributed by atoms with E-state index < -0.39 is 0 Å². The van der Waals surface area contributed by atoms with E-state index in [-0.39, 0.29) is 31.0 Å². The first-order valence-electron chi connectivity index (χ1n) is 6.97. The second-order valence-electron chi connectivity index (χ2n) is 5.00. The highest BCUT2D eigenvalue weighted by atomic mass is 19.1. The minimum absolute atomic E-state index is 0.117. The van der Waals surface area contributed by atoms with E-state index in [2.05, 4.69) is 5.32 Å². The standard InChI is InChI=1S/C17H18FNO3/c1-12(10-20)19-17(21)14-5-2-4-13(8-14)11-22-16-7-3-6-15(18)9-16/h2-9,12,20H,10-11H2,1H3,(H,19,21). The Bertz CT molecular complexity index is 645. The molecule has 2 rings (SSSR count). The number of aliphatic hydroxyl groups excluding tert-OH is 1. The van der Waals surface area contributed by atoms with Crippen LogP contribution >= 0.6 is 0 Å². The van der Waals surface area contributed by atoms with Gasteiger partial charge in [0.1, 0.15) is 18.2 Å². The Labute approximate surface area is 128 Å². The molecular formula is C17H18FNO3. The molecule has 22 heavy (non-hydrogen) atoms. The number of ether oxygens (including phenoxy) is 1. The number of rotatable bonds is 6. The van der Waals surface area contributed by atoms with Crippen LogP contribution in [0, 0.1) is 5.82 Å². The molecule has 2 N–H and O–H groups in total. The highest BCUT2D eigenvalue weighted by molar-refractivity contribution is 5.94. The summed E-state index contributed by atoms with van der Waals surface area (Å²) in [5.74, 6) is -0.179. The van der Waals surface area contributed by atoms with Gasteiger partial charge in [-0.15, -0.1) is 0 Å². The minimum Gasteiger partial charge on any atom is -0.489 e. The van der Waals surface area contributed by atoms with E-state index in [1.807, 2.05) is 6.07 Å². The summed E-state index contributed by atoms with van der Waals surface area (Å²) in [6.45, 7) is 1.84. The fourth-order valence-corrected chi connectivity index (χ4v) is 1.88. The van der Waals surface area contributed by atoms with Crippen LogP contribution in [0.25, 0.3) is 0 Å². The molecule has 4 nitrogen and oxygen atoms in total. The Morgan fingerprint density at radius 2 is 2.05 bits per heavy atom. The van der Waals surface area contributed by atoms with Crippen molar-refractivity contribution in [2.45, 2.75) is 19.6 Å². The van der Waals surface area contributed by atoms with E-state index in [4.69, 9.17) is 9.84 Å². The molecule has 0 radical (unpaired) electrons. The molecule has 0 aliphatic rings. The van der Waals surface area contributed by atoms with Crippen LogP contribution in [0.2, 0.25) is 0 Å². The van der Waals surface area contributed by atoms with Gasteiger partial charge >= 0.3 is 0 Å². The topological polar surface area (TPSA) is 58.6 Å². The molecule has 0 spiro atoms. The van der Waals surface area contributed by atoms with E-state index in [9.17, 15) is 9.18 Å². The van der Waals surface area contributed by atoms with Crippen LogP contribution < -0.4 is 10.1 Å². The molecule has 0 aliphatic heterocycles. The van der Waals surface area contributed by atoms with E-state index in [1.165, 1.54) is 12.1 Å². The highest BCUT2D eigenvalue weighted by Gasteiger charge is 2.09. The number of amides is 1. The fraction of sp³-hybridized carbons (Fsp3) is 0.235.